The standard InChI is InChI=1S/C27H33N3O2/c1-5-29-17-20(16-28-29)18-30(23-11-9-21(10-12-23)19(2)3)27(31)26-8-6-7-22-15-24(32-4)13-14-25(22)26/h9-17,19,26H,5-8,18H2,1-4H3. The molecule has 1 unspecified atom stereocenters. The second kappa shape index (κ2) is 9.60. The van der Waals surface area contributed by atoms with Crippen molar-refractivity contribution < 1.29 is 9.53 Å². The number of benzene rings is 2. The lowest BCUT2D eigenvalue weighted by Gasteiger charge is -2.31. The van der Waals surface area contributed by atoms with Gasteiger partial charge in [0.05, 0.1) is 25.8 Å². The Balaban J connectivity index is 1.68. The number of aromatic nitrogens is 2. The van der Waals surface area contributed by atoms with Gasteiger partial charge in [0, 0.05) is 24.0 Å². The van der Waals surface area contributed by atoms with E-state index >= 15 is 0 Å². The minimum atomic E-state index is -0.143. The lowest BCUT2D eigenvalue weighted by molar-refractivity contribution is -0.120. The Morgan fingerprint density at radius 3 is 2.66 bits per heavy atom. The summed E-state index contributed by atoms with van der Waals surface area (Å²) in [5, 5.41) is 4.41. The van der Waals surface area contributed by atoms with Crippen LogP contribution in [0, 0.1) is 0 Å². The molecule has 0 saturated heterocycles. The Morgan fingerprint density at radius 2 is 2.00 bits per heavy atom. The average Bonchev–Trinajstić information content (AvgIpc) is 3.29. The highest BCUT2D eigenvalue weighted by atomic mass is 16.5. The summed E-state index contributed by atoms with van der Waals surface area (Å²) in [4.78, 5) is 15.9. The third kappa shape index (κ3) is 4.57. The van der Waals surface area contributed by atoms with Crippen molar-refractivity contribution in [1.29, 1.82) is 0 Å². The van der Waals surface area contributed by atoms with E-state index in [1.807, 2.05) is 28.0 Å². The number of carbonyl (C=O) groups excluding carboxylic acids is 1. The molecule has 1 atom stereocenters. The van der Waals surface area contributed by atoms with Crippen LogP contribution in [0.25, 0.3) is 0 Å². The Morgan fingerprint density at radius 1 is 1.22 bits per heavy atom. The first-order valence-electron chi connectivity index (χ1n) is 11.6. The van der Waals surface area contributed by atoms with Crippen molar-refractivity contribution in [3.63, 3.8) is 0 Å². The lowest BCUT2D eigenvalue weighted by Crippen LogP contribution is -2.36. The maximum Gasteiger partial charge on any atom is 0.234 e. The zero-order valence-corrected chi connectivity index (χ0v) is 19.5. The number of anilines is 1. The molecular formula is C27H33N3O2. The number of aryl methyl sites for hydroxylation is 2. The van der Waals surface area contributed by atoms with E-state index in [-0.39, 0.29) is 11.8 Å². The highest BCUT2D eigenvalue weighted by molar-refractivity contribution is 5.98. The fourth-order valence-corrected chi connectivity index (χ4v) is 4.54. The van der Waals surface area contributed by atoms with Crippen molar-refractivity contribution in [2.45, 2.75) is 65.0 Å². The first-order valence-corrected chi connectivity index (χ1v) is 11.6. The summed E-state index contributed by atoms with van der Waals surface area (Å²) in [6, 6.07) is 14.6. The van der Waals surface area contributed by atoms with Gasteiger partial charge in [-0.05, 0) is 73.1 Å². The fourth-order valence-electron chi connectivity index (χ4n) is 4.54. The zero-order chi connectivity index (χ0) is 22.7. The summed E-state index contributed by atoms with van der Waals surface area (Å²) in [5.74, 6) is 1.31. The Labute approximate surface area is 191 Å². The monoisotopic (exact) mass is 431 g/mol. The first kappa shape index (κ1) is 22.1. The number of ether oxygens (including phenoxy) is 1. The molecule has 0 bridgehead atoms. The Hall–Kier alpha value is -3.08. The lowest BCUT2D eigenvalue weighted by atomic mass is 9.81. The molecule has 2 aromatic carbocycles. The summed E-state index contributed by atoms with van der Waals surface area (Å²) in [7, 11) is 1.69. The quantitative estimate of drug-likeness (QED) is 0.483. The number of hydrogen-bond acceptors (Lipinski definition) is 3. The molecule has 168 valence electrons. The Kier molecular flexibility index (Phi) is 6.63. The van der Waals surface area contributed by atoms with Gasteiger partial charge in [-0.25, -0.2) is 0 Å². The van der Waals surface area contributed by atoms with E-state index in [4.69, 9.17) is 4.74 Å². The molecule has 1 aromatic heterocycles. The summed E-state index contributed by atoms with van der Waals surface area (Å²) in [6.07, 6.45) is 6.76. The summed E-state index contributed by atoms with van der Waals surface area (Å²) in [6.45, 7) is 7.77. The van der Waals surface area contributed by atoms with E-state index in [0.29, 0.717) is 12.5 Å². The molecule has 1 aliphatic carbocycles. The summed E-state index contributed by atoms with van der Waals surface area (Å²) in [5.41, 5.74) is 5.61. The van der Waals surface area contributed by atoms with Crippen molar-refractivity contribution in [3.05, 3.63) is 77.1 Å². The van der Waals surface area contributed by atoms with Crippen LogP contribution >= 0.6 is 0 Å². The van der Waals surface area contributed by atoms with Gasteiger partial charge in [0.25, 0.3) is 0 Å². The molecule has 0 fully saturated rings. The zero-order valence-electron chi connectivity index (χ0n) is 19.5. The highest BCUT2D eigenvalue weighted by Gasteiger charge is 2.31. The van der Waals surface area contributed by atoms with Gasteiger partial charge in [0.2, 0.25) is 5.91 Å². The van der Waals surface area contributed by atoms with Crippen molar-refractivity contribution in [2.75, 3.05) is 12.0 Å². The minimum Gasteiger partial charge on any atom is -0.497 e. The van der Waals surface area contributed by atoms with Gasteiger partial charge in [-0.1, -0.05) is 32.0 Å². The molecule has 1 aliphatic rings. The predicted molar refractivity (Wildman–Crippen MR) is 128 cm³/mol. The van der Waals surface area contributed by atoms with Crippen molar-refractivity contribution in [1.82, 2.24) is 9.78 Å². The van der Waals surface area contributed by atoms with Crippen LogP contribution in [0.4, 0.5) is 5.69 Å². The molecule has 0 N–H and O–H groups in total. The number of nitrogens with zero attached hydrogens (tertiary/aromatic N) is 3. The smallest absolute Gasteiger partial charge is 0.234 e. The van der Waals surface area contributed by atoms with Crippen LogP contribution in [0.1, 0.15) is 67.7 Å². The molecule has 1 heterocycles. The topological polar surface area (TPSA) is 47.4 Å². The van der Waals surface area contributed by atoms with Gasteiger partial charge < -0.3 is 9.64 Å². The SMILES string of the molecule is CCn1cc(CN(C(=O)C2CCCc3cc(OC)ccc32)c2ccc(C(C)C)cc2)cn1. The third-order valence-electron chi connectivity index (χ3n) is 6.45. The van der Waals surface area contributed by atoms with Crippen LogP contribution in [0.15, 0.2) is 54.9 Å². The molecule has 0 spiro atoms. The molecule has 5 heteroatoms. The van der Waals surface area contributed by atoms with Crippen LogP contribution in [0.3, 0.4) is 0 Å². The van der Waals surface area contributed by atoms with Crippen LogP contribution in [0.2, 0.25) is 0 Å². The number of fused-ring (bicyclic) bond motifs is 1. The predicted octanol–water partition coefficient (Wildman–Crippen LogP) is 5.69. The van der Waals surface area contributed by atoms with Gasteiger partial charge in [-0.2, -0.15) is 5.10 Å². The molecule has 0 radical (unpaired) electrons. The molecular weight excluding hydrogens is 398 g/mol. The largest absolute Gasteiger partial charge is 0.497 e. The highest BCUT2D eigenvalue weighted by Crippen LogP contribution is 2.36. The summed E-state index contributed by atoms with van der Waals surface area (Å²) < 4.78 is 7.32. The number of hydrogen-bond donors (Lipinski definition) is 0. The van der Waals surface area contributed by atoms with E-state index in [9.17, 15) is 4.79 Å². The fraction of sp³-hybridized carbons (Fsp3) is 0.407. The van der Waals surface area contributed by atoms with Crippen LogP contribution in [-0.4, -0.2) is 22.8 Å². The maximum atomic E-state index is 14.0. The number of rotatable bonds is 7. The maximum absolute atomic E-state index is 14.0. The molecule has 5 nitrogen and oxygen atoms in total. The van der Waals surface area contributed by atoms with Gasteiger partial charge in [-0.15, -0.1) is 0 Å². The van der Waals surface area contributed by atoms with Crippen molar-refractivity contribution in [2.24, 2.45) is 0 Å². The van der Waals surface area contributed by atoms with Gasteiger partial charge in [-0.3, -0.25) is 9.48 Å². The third-order valence-corrected chi connectivity index (χ3v) is 6.45. The molecule has 1 amide bonds. The van der Waals surface area contributed by atoms with E-state index in [2.05, 4.69) is 62.3 Å². The first-order chi connectivity index (χ1) is 15.5. The number of carbonyl (C=O) groups is 1. The van der Waals surface area contributed by atoms with Crippen LogP contribution < -0.4 is 9.64 Å². The second-order valence-corrected chi connectivity index (χ2v) is 8.88. The molecule has 4 rings (SSSR count). The minimum absolute atomic E-state index is 0.143. The number of amides is 1. The molecule has 32 heavy (non-hydrogen) atoms. The van der Waals surface area contributed by atoms with E-state index in [0.717, 1.165) is 48.4 Å². The number of methoxy groups -OCH3 is 1. The van der Waals surface area contributed by atoms with Crippen molar-refractivity contribution >= 4 is 11.6 Å². The van der Waals surface area contributed by atoms with Crippen LogP contribution in [-0.2, 0) is 24.3 Å². The van der Waals surface area contributed by atoms with Crippen LogP contribution in [0.5, 0.6) is 5.75 Å². The summed E-state index contributed by atoms with van der Waals surface area (Å²) >= 11 is 0. The van der Waals surface area contributed by atoms with Gasteiger partial charge in [0.1, 0.15) is 5.75 Å². The second-order valence-electron chi connectivity index (χ2n) is 8.88. The molecule has 0 saturated carbocycles. The normalized spacial score (nSPS) is 15.5. The Bertz CT molecular complexity index is 1070. The van der Waals surface area contributed by atoms with E-state index in [1.54, 1.807) is 7.11 Å². The van der Waals surface area contributed by atoms with E-state index < -0.39 is 0 Å². The molecule has 0 aliphatic heterocycles. The average molecular weight is 432 g/mol. The van der Waals surface area contributed by atoms with Gasteiger partial charge in [0.15, 0.2) is 0 Å². The van der Waals surface area contributed by atoms with E-state index in [1.165, 1.54) is 11.1 Å². The molecule has 3 aromatic rings. The van der Waals surface area contributed by atoms with Gasteiger partial charge >= 0.3 is 0 Å². The van der Waals surface area contributed by atoms with Crippen molar-refractivity contribution in [3.8, 4) is 5.75 Å².